The summed E-state index contributed by atoms with van der Waals surface area (Å²) in [5, 5.41) is 0.924. The lowest BCUT2D eigenvalue weighted by molar-refractivity contribution is 0.608. The highest BCUT2D eigenvalue weighted by Crippen LogP contribution is 2.32. The van der Waals surface area contributed by atoms with E-state index in [2.05, 4.69) is 4.98 Å². The smallest absolute Gasteiger partial charge is 0.167 e. The molecule has 5 heteroatoms. The van der Waals surface area contributed by atoms with Crippen LogP contribution in [0.4, 0.5) is 0 Å². The molecule has 0 radical (unpaired) electrons. The van der Waals surface area contributed by atoms with Crippen LogP contribution in [-0.4, -0.2) is 11.2 Å². The van der Waals surface area contributed by atoms with E-state index >= 15 is 0 Å². The number of fused-ring (bicyclic) bond motifs is 1. The topological polar surface area (TPSA) is 26.0 Å². The van der Waals surface area contributed by atoms with Gasteiger partial charge in [0.05, 0.1) is 4.90 Å². The summed E-state index contributed by atoms with van der Waals surface area (Å²) in [5.41, 5.74) is 1.32. The van der Waals surface area contributed by atoms with Crippen LogP contribution in [0, 0.1) is 0 Å². The molecule has 0 aromatic carbocycles. The van der Waals surface area contributed by atoms with E-state index in [1.165, 1.54) is 6.26 Å². The van der Waals surface area contributed by atoms with Crippen LogP contribution in [0.1, 0.15) is 0 Å². The molecule has 0 aliphatic carbocycles. The molecule has 0 aliphatic heterocycles. The minimum Gasteiger partial charge on any atom is -0.460 e. The minimum atomic E-state index is 0.431. The van der Waals surface area contributed by atoms with Crippen LogP contribution in [0.15, 0.2) is 21.6 Å². The van der Waals surface area contributed by atoms with Crippen molar-refractivity contribution in [3.63, 3.8) is 0 Å². The molecule has 2 aromatic heterocycles. The molecule has 0 unspecified atom stereocenters. The van der Waals surface area contributed by atoms with Crippen molar-refractivity contribution in [3.8, 4) is 0 Å². The van der Waals surface area contributed by atoms with E-state index in [0.717, 1.165) is 4.90 Å². The van der Waals surface area contributed by atoms with E-state index < -0.39 is 0 Å². The average molecular weight is 234 g/mol. The van der Waals surface area contributed by atoms with Gasteiger partial charge in [-0.2, -0.15) is 0 Å². The Morgan fingerprint density at radius 1 is 1.46 bits per heavy atom. The molecule has 0 aliphatic rings. The molecule has 0 bridgehead atoms. The summed E-state index contributed by atoms with van der Waals surface area (Å²) < 4.78 is 5.25. The number of rotatable bonds is 1. The normalized spacial score (nSPS) is 11.0. The highest BCUT2D eigenvalue weighted by atomic mass is 35.5. The molecule has 68 valence electrons. The van der Waals surface area contributed by atoms with Gasteiger partial charge >= 0.3 is 0 Å². The van der Waals surface area contributed by atoms with Gasteiger partial charge in [-0.15, -0.1) is 11.8 Å². The second-order valence-electron chi connectivity index (χ2n) is 2.41. The summed E-state index contributed by atoms with van der Waals surface area (Å²) in [4.78, 5) is 5.02. The summed E-state index contributed by atoms with van der Waals surface area (Å²) in [7, 11) is 0. The maximum atomic E-state index is 5.85. The Labute approximate surface area is 89.2 Å². The Kier molecular flexibility index (Phi) is 2.41. The fourth-order valence-electron chi connectivity index (χ4n) is 1.07. The van der Waals surface area contributed by atoms with Crippen LogP contribution in [0.2, 0.25) is 10.2 Å². The SMILES string of the molecule is CSc1cc(Cl)nc2c(Cl)coc12. The van der Waals surface area contributed by atoms with Crippen molar-refractivity contribution in [2.75, 3.05) is 6.26 Å². The maximum Gasteiger partial charge on any atom is 0.167 e. The van der Waals surface area contributed by atoms with Gasteiger partial charge in [-0.25, -0.2) is 4.98 Å². The van der Waals surface area contributed by atoms with Crippen molar-refractivity contribution in [1.29, 1.82) is 0 Å². The number of furan rings is 1. The molecule has 2 aromatic rings. The molecular formula is C8H5Cl2NOS. The molecule has 0 saturated heterocycles. The number of halogens is 2. The number of pyridine rings is 1. The third-order valence-corrected chi connectivity index (χ3v) is 2.84. The number of thioether (sulfide) groups is 1. The van der Waals surface area contributed by atoms with Gasteiger partial charge in [0, 0.05) is 0 Å². The lowest BCUT2D eigenvalue weighted by Crippen LogP contribution is -1.79. The zero-order chi connectivity index (χ0) is 9.42. The number of hydrogen-bond donors (Lipinski definition) is 0. The van der Waals surface area contributed by atoms with Crippen LogP contribution in [0.25, 0.3) is 11.1 Å². The Balaban J connectivity index is 2.84. The van der Waals surface area contributed by atoms with Crippen molar-refractivity contribution < 1.29 is 4.42 Å². The van der Waals surface area contributed by atoms with Gasteiger partial charge in [-0.3, -0.25) is 0 Å². The Morgan fingerprint density at radius 2 is 2.23 bits per heavy atom. The molecule has 13 heavy (non-hydrogen) atoms. The van der Waals surface area contributed by atoms with Gasteiger partial charge in [0.2, 0.25) is 0 Å². The largest absolute Gasteiger partial charge is 0.460 e. The third-order valence-electron chi connectivity index (χ3n) is 1.63. The van der Waals surface area contributed by atoms with Crippen LogP contribution in [0.3, 0.4) is 0 Å². The number of hydrogen-bond acceptors (Lipinski definition) is 3. The summed E-state index contributed by atoms with van der Waals surface area (Å²) in [6.07, 6.45) is 3.41. The summed E-state index contributed by atoms with van der Waals surface area (Å²) in [5.74, 6) is 0. The second-order valence-corrected chi connectivity index (χ2v) is 4.05. The summed E-state index contributed by atoms with van der Waals surface area (Å²) in [6, 6.07) is 1.76. The number of aromatic nitrogens is 1. The monoisotopic (exact) mass is 233 g/mol. The van der Waals surface area contributed by atoms with E-state index in [0.29, 0.717) is 21.3 Å². The lowest BCUT2D eigenvalue weighted by atomic mass is 10.4. The molecule has 0 atom stereocenters. The summed E-state index contributed by atoms with van der Waals surface area (Å²) >= 11 is 13.2. The molecular weight excluding hydrogens is 229 g/mol. The first-order chi connectivity index (χ1) is 6.22. The van der Waals surface area contributed by atoms with Gasteiger partial charge in [0.25, 0.3) is 0 Å². The highest BCUT2D eigenvalue weighted by molar-refractivity contribution is 7.98. The van der Waals surface area contributed by atoms with Crippen molar-refractivity contribution in [2.45, 2.75) is 4.90 Å². The number of nitrogens with zero attached hydrogens (tertiary/aromatic N) is 1. The van der Waals surface area contributed by atoms with E-state index in [9.17, 15) is 0 Å². The van der Waals surface area contributed by atoms with Gasteiger partial charge < -0.3 is 4.42 Å². The Hall–Kier alpha value is -0.380. The average Bonchev–Trinajstić information content (AvgIpc) is 2.47. The van der Waals surface area contributed by atoms with Crippen molar-refractivity contribution in [1.82, 2.24) is 4.98 Å². The van der Waals surface area contributed by atoms with Crippen molar-refractivity contribution in [3.05, 3.63) is 22.5 Å². The standard InChI is InChI=1S/C8H5Cl2NOS/c1-13-5-2-6(10)11-7-4(9)3-12-8(5)7/h2-3H,1H3. The first-order valence-corrected chi connectivity index (χ1v) is 5.47. The zero-order valence-corrected chi connectivity index (χ0v) is 9.00. The fraction of sp³-hybridized carbons (Fsp3) is 0.125. The van der Waals surface area contributed by atoms with Crippen molar-refractivity contribution >= 4 is 46.1 Å². The molecule has 2 nitrogen and oxygen atoms in total. The van der Waals surface area contributed by atoms with Crippen LogP contribution in [-0.2, 0) is 0 Å². The lowest BCUT2D eigenvalue weighted by Gasteiger charge is -1.97. The first kappa shape index (κ1) is 9.19. The highest BCUT2D eigenvalue weighted by Gasteiger charge is 2.10. The van der Waals surface area contributed by atoms with E-state index in [-0.39, 0.29) is 0 Å². The fourth-order valence-corrected chi connectivity index (χ4v) is 2.06. The Morgan fingerprint density at radius 3 is 2.92 bits per heavy atom. The molecule has 0 fully saturated rings. The summed E-state index contributed by atoms with van der Waals surface area (Å²) in [6.45, 7) is 0. The predicted octanol–water partition coefficient (Wildman–Crippen LogP) is 3.86. The van der Waals surface area contributed by atoms with E-state index in [1.807, 2.05) is 6.26 Å². The molecule has 0 spiro atoms. The Bertz CT molecular complexity index is 455. The van der Waals surface area contributed by atoms with Gasteiger partial charge in [-0.05, 0) is 12.3 Å². The quantitative estimate of drug-likeness (QED) is 0.553. The van der Waals surface area contributed by atoms with Crippen molar-refractivity contribution in [2.24, 2.45) is 0 Å². The second kappa shape index (κ2) is 3.40. The van der Waals surface area contributed by atoms with Gasteiger partial charge in [0.1, 0.15) is 22.0 Å². The molecule has 2 rings (SSSR count). The molecule has 0 N–H and O–H groups in total. The predicted molar refractivity (Wildman–Crippen MR) is 55.8 cm³/mol. The van der Waals surface area contributed by atoms with Crippen LogP contribution < -0.4 is 0 Å². The molecule has 2 heterocycles. The van der Waals surface area contributed by atoms with E-state index in [1.54, 1.807) is 17.8 Å². The molecule has 0 saturated carbocycles. The minimum absolute atomic E-state index is 0.431. The molecule has 0 amide bonds. The van der Waals surface area contributed by atoms with Crippen LogP contribution >= 0.6 is 35.0 Å². The van der Waals surface area contributed by atoms with Gasteiger partial charge in [-0.1, -0.05) is 23.2 Å². The van der Waals surface area contributed by atoms with Crippen LogP contribution in [0.5, 0.6) is 0 Å². The van der Waals surface area contributed by atoms with E-state index in [4.69, 9.17) is 27.6 Å². The third kappa shape index (κ3) is 1.52. The van der Waals surface area contributed by atoms with Gasteiger partial charge in [0.15, 0.2) is 5.58 Å². The zero-order valence-electron chi connectivity index (χ0n) is 6.67. The first-order valence-electron chi connectivity index (χ1n) is 3.49. The maximum absolute atomic E-state index is 5.85.